The number of rotatable bonds is 1. The summed E-state index contributed by atoms with van der Waals surface area (Å²) in [4.78, 5) is 10.5. The summed E-state index contributed by atoms with van der Waals surface area (Å²) in [6.07, 6.45) is 0. The Morgan fingerprint density at radius 3 is 2.36 bits per heavy atom. The third-order valence-electron chi connectivity index (χ3n) is 1.21. The fourth-order valence-electron chi connectivity index (χ4n) is 0.769. The van der Waals surface area contributed by atoms with Crippen molar-refractivity contribution in [2.75, 3.05) is 10.7 Å². The lowest BCUT2D eigenvalue weighted by Crippen LogP contribution is -2.05. The number of carbonyl (C=O) groups is 1. The average Bonchev–Trinajstić information content (AvgIpc) is 2.09. The number of amides is 1. The number of hydrogen-bond donors (Lipinski definition) is 2. The van der Waals surface area contributed by atoms with Crippen LogP contribution in [0.3, 0.4) is 0 Å². The first-order chi connectivity index (χ1) is 6.61. The van der Waals surface area contributed by atoms with Crippen LogP contribution in [0.25, 0.3) is 0 Å². The number of para-hydroxylation sites is 2. The van der Waals surface area contributed by atoms with E-state index in [0.29, 0.717) is 5.69 Å². The van der Waals surface area contributed by atoms with Gasteiger partial charge in [0.2, 0.25) is 5.91 Å². The van der Waals surface area contributed by atoms with Gasteiger partial charge in [-0.25, -0.2) is 0 Å². The summed E-state index contributed by atoms with van der Waals surface area (Å²) in [6, 6.07) is 6.59. The molecule has 14 heavy (non-hydrogen) atoms. The second-order valence-electron chi connectivity index (χ2n) is 2.30. The Bertz CT molecular complexity index is 292. The third kappa shape index (κ3) is 5.67. The van der Waals surface area contributed by atoms with Crippen LogP contribution in [0.1, 0.15) is 6.92 Å². The predicted octanol–water partition coefficient (Wildman–Crippen LogP) is 2.77. The molecule has 0 aromatic heterocycles. The van der Waals surface area contributed by atoms with Crippen molar-refractivity contribution >= 4 is 34.8 Å². The quantitative estimate of drug-likeness (QED) is 0.581. The van der Waals surface area contributed by atoms with E-state index in [1.807, 2.05) is 0 Å². The Hall–Kier alpha value is -0.930. The van der Waals surface area contributed by atoms with Crippen molar-refractivity contribution in [3.63, 3.8) is 0 Å². The molecule has 0 spiro atoms. The van der Waals surface area contributed by atoms with Crippen molar-refractivity contribution in [2.24, 2.45) is 0 Å². The number of aromatic hydroxyl groups is 1. The molecule has 1 amide bonds. The Kier molecular flexibility index (Phi) is 6.98. The monoisotopic (exact) mass is 235 g/mol. The van der Waals surface area contributed by atoms with E-state index in [4.69, 9.17) is 28.3 Å². The minimum absolute atomic E-state index is 0.0858. The van der Waals surface area contributed by atoms with E-state index in [0.717, 1.165) is 0 Å². The van der Waals surface area contributed by atoms with Gasteiger partial charge in [0.05, 0.1) is 11.0 Å². The summed E-state index contributed by atoms with van der Waals surface area (Å²) in [6.45, 7) is 1.40. The maximum absolute atomic E-state index is 10.5. The minimum Gasteiger partial charge on any atom is -0.506 e. The highest BCUT2D eigenvalue weighted by molar-refractivity contribution is 6.40. The maximum Gasteiger partial charge on any atom is 0.221 e. The van der Waals surface area contributed by atoms with Crippen molar-refractivity contribution in [1.82, 2.24) is 0 Å². The van der Waals surface area contributed by atoms with Crippen LogP contribution in [-0.2, 0) is 4.79 Å². The largest absolute Gasteiger partial charge is 0.506 e. The minimum atomic E-state index is -0.188. The Morgan fingerprint density at radius 1 is 1.43 bits per heavy atom. The van der Waals surface area contributed by atoms with Crippen LogP contribution in [-0.4, -0.2) is 16.4 Å². The van der Waals surface area contributed by atoms with Gasteiger partial charge in [-0.15, -0.1) is 23.2 Å². The van der Waals surface area contributed by atoms with Crippen molar-refractivity contribution in [3.05, 3.63) is 24.3 Å². The number of carbonyl (C=O) groups excluding carboxylic acids is 1. The molecule has 0 aliphatic heterocycles. The van der Waals surface area contributed by atoms with E-state index in [1.54, 1.807) is 18.2 Å². The van der Waals surface area contributed by atoms with Crippen LogP contribution in [0.2, 0.25) is 0 Å². The number of hydrogen-bond acceptors (Lipinski definition) is 2. The molecule has 0 aliphatic carbocycles. The standard InChI is InChI=1S/C8H9NO2.CH2Cl2/c1-6(10)9-7-4-2-3-5-8(7)11;2-1-3/h2-5,11H,1H3,(H,9,10);1H2. The number of phenols is 1. The molecule has 0 saturated carbocycles. The molecule has 1 rings (SSSR count). The summed E-state index contributed by atoms with van der Waals surface area (Å²) in [5, 5.41) is 11.8. The molecular weight excluding hydrogens is 225 g/mol. The molecule has 0 heterocycles. The zero-order valence-electron chi connectivity index (χ0n) is 7.63. The molecule has 2 N–H and O–H groups in total. The van der Waals surface area contributed by atoms with Crippen molar-refractivity contribution < 1.29 is 9.90 Å². The van der Waals surface area contributed by atoms with Crippen LogP contribution in [0.15, 0.2) is 24.3 Å². The van der Waals surface area contributed by atoms with Crippen LogP contribution in [0, 0.1) is 0 Å². The molecule has 0 aliphatic rings. The summed E-state index contributed by atoms with van der Waals surface area (Å²) < 4.78 is 0. The summed E-state index contributed by atoms with van der Waals surface area (Å²) in [5.74, 6) is -0.103. The summed E-state index contributed by atoms with van der Waals surface area (Å²) in [7, 11) is 0. The normalized spacial score (nSPS) is 8.50. The zero-order valence-corrected chi connectivity index (χ0v) is 9.14. The predicted molar refractivity (Wildman–Crippen MR) is 59.0 cm³/mol. The fraction of sp³-hybridized carbons (Fsp3) is 0.222. The Morgan fingerprint density at radius 2 is 1.93 bits per heavy atom. The molecule has 3 nitrogen and oxygen atoms in total. The second-order valence-corrected chi connectivity index (χ2v) is 3.11. The Labute approximate surface area is 92.6 Å². The van der Waals surface area contributed by atoms with E-state index in [2.05, 4.69) is 5.32 Å². The highest BCUT2D eigenvalue weighted by atomic mass is 35.5. The smallest absolute Gasteiger partial charge is 0.221 e. The molecule has 1 aromatic rings. The molecular formula is C9H11Cl2NO2. The van der Waals surface area contributed by atoms with Crippen LogP contribution in [0.4, 0.5) is 5.69 Å². The van der Waals surface area contributed by atoms with Gasteiger partial charge >= 0.3 is 0 Å². The van der Waals surface area contributed by atoms with Gasteiger partial charge in [-0.05, 0) is 12.1 Å². The first-order valence-corrected chi connectivity index (χ1v) is 4.86. The average molecular weight is 236 g/mol. The van der Waals surface area contributed by atoms with Crippen LogP contribution < -0.4 is 5.32 Å². The molecule has 5 heteroatoms. The van der Waals surface area contributed by atoms with E-state index in [-0.39, 0.29) is 17.0 Å². The van der Waals surface area contributed by atoms with Gasteiger partial charge in [-0.1, -0.05) is 12.1 Å². The van der Waals surface area contributed by atoms with E-state index in [1.165, 1.54) is 13.0 Å². The molecule has 78 valence electrons. The number of benzene rings is 1. The van der Waals surface area contributed by atoms with E-state index in [9.17, 15) is 4.79 Å². The highest BCUT2D eigenvalue weighted by Gasteiger charge is 1.98. The van der Waals surface area contributed by atoms with E-state index < -0.39 is 0 Å². The lowest BCUT2D eigenvalue weighted by atomic mass is 10.3. The molecule has 0 unspecified atom stereocenters. The number of phenolic OH excluding ortho intramolecular Hbond substituents is 1. The SMILES string of the molecule is CC(=O)Nc1ccccc1O.ClCCl. The number of halogens is 2. The van der Waals surface area contributed by atoms with Gasteiger partial charge in [0.1, 0.15) is 5.75 Å². The molecule has 0 radical (unpaired) electrons. The second kappa shape index (κ2) is 7.47. The topological polar surface area (TPSA) is 49.3 Å². The molecule has 0 bridgehead atoms. The van der Waals surface area contributed by atoms with Crippen LogP contribution >= 0.6 is 23.2 Å². The molecule has 0 atom stereocenters. The number of alkyl halides is 2. The van der Waals surface area contributed by atoms with Gasteiger partial charge in [-0.3, -0.25) is 4.79 Å². The fourth-order valence-corrected chi connectivity index (χ4v) is 0.769. The highest BCUT2D eigenvalue weighted by Crippen LogP contribution is 2.20. The third-order valence-corrected chi connectivity index (χ3v) is 1.21. The molecule has 0 fully saturated rings. The Balaban J connectivity index is 0.000000500. The summed E-state index contributed by atoms with van der Waals surface area (Å²) in [5.41, 5.74) is 0.444. The lowest BCUT2D eigenvalue weighted by Gasteiger charge is -2.02. The maximum atomic E-state index is 10.5. The summed E-state index contributed by atoms with van der Waals surface area (Å²) >= 11 is 9.53. The van der Waals surface area contributed by atoms with Crippen molar-refractivity contribution in [1.29, 1.82) is 0 Å². The van der Waals surface area contributed by atoms with Gasteiger partial charge in [0, 0.05) is 6.92 Å². The zero-order chi connectivity index (χ0) is 11.0. The van der Waals surface area contributed by atoms with Crippen molar-refractivity contribution in [2.45, 2.75) is 6.92 Å². The molecule has 1 aromatic carbocycles. The van der Waals surface area contributed by atoms with Crippen LogP contribution in [0.5, 0.6) is 5.75 Å². The number of anilines is 1. The van der Waals surface area contributed by atoms with Gasteiger partial charge in [-0.2, -0.15) is 0 Å². The van der Waals surface area contributed by atoms with Gasteiger partial charge in [0.25, 0.3) is 0 Å². The first-order valence-electron chi connectivity index (χ1n) is 3.79. The lowest BCUT2D eigenvalue weighted by molar-refractivity contribution is -0.114. The molecule has 0 saturated heterocycles. The van der Waals surface area contributed by atoms with E-state index >= 15 is 0 Å². The van der Waals surface area contributed by atoms with Crippen molar-refractivity contribution in [3.8, 4) is 5.75 Å². The first kappa shape index (κ1) is 13.1. The van der Waals surface area contributed by atoms with Gasteiger partial charge < -0.3 is 10.4 Å². The van der Waals surface area contributed by atoms with Gasteiger partial charge in [0.15, 0.2) is 0 Å². The number of nitrogens with one attached hydrogen (secondary N) is 1.